The van der Waals surface area contributed by atoms with Gasteiger partial charge in [-0.2, -0.15) is 0 Å². The Morgan fingerprint density at radius 1 is 0.426 bits per heavy atom. The summed E-state index contributed by atoms with van der Waals surface area (Å²) < 4.78 is 29.3. The number of anilines is 3. The van der Waals surface area contributed by atoms with E-state index in [9.17, 15) is 43.2 Å². The highest BCUT2D eigenvalue weighted by atomic mass is 16.5. The Labute approximate surface area is 537 Å². The first-order valence-electron chi connectivity index (χ1n) is 31.1. The van der Waals surface area contributed by atoms with Gasteiger partial charge in [0.15, 0.2) is 27.8 Å². The number of benzene rings is 4. The minimum absolute atomic E-state index is 0.0610. The Morgan fingerprint density at radius 2 is 0.819 bits per heavy atom. The summed E-state index contributed by atoms with van der Waals surface area (Å²) >= 11 is 0. The minimum atomic E-state index is -1.50. The lowest BCUT2D eigenvalue weighted by Gasteiger charge is -2.55. The number of ether oxygens (including phenoxy) is 3. The van der Waals surface area contributed by atoms with Crippen molar-refractivity contribution in [3.63, 3.8) is 0 Å². The number of amides is 12. The lowest BCUT2D eigenvalue weighted by atomic mass is 9.66. The number of carbonyl (C=O) groups excluding carboxylic acids is 9. The van der Waals surface area contributed by atoms with E-state index in [-0.39, 0.29) is 49.8 Å². The highest BCUT2D eigenvalue weighted by molar-refractivity contribution is 6.22. The molecular weight excluding hydrogens is 1210 g/mol. The summed E-state index contributed by atoms with van der Waals surface area (Å²) in [6.45, 7) is 13.1. The fourth-order valence-corrected chi connectivity index (χ4v) is 15.8. The second kappa shape index (κ2) is 23.3. The number of nitrogens with one attached hydrogen (secondary N) is 6. The molecule has 0 unspecified atom stereocenters. The molecule has 94 heavy (non-hydrogen) atoms. The molecule has 0 radical (unpaired) electrons. The Hall–Kier alpha value is -10.4. The molecule has 3 spiro atoms. The van der Waals surface area contributed by atoms with Crippen molar-refractivity contribution in [3.8, 4) is 45.3 Å². The van der Waals surface area contributed by atoms with Gasteiger partial charge in [-0.3, -0.25) is 60.7 Å². The van der Waals surface area contributed by atoms with Crippen LogP contribution in [0, 0.1) is 16.2 Å². The van der Waals surface area contributed by atoms with Crippen molar-refractivity contribution in [2.75, 3.05) is 34.3 Å². The number of aromatic nitrogens is 3. The predicted molar refractivity (Wildman–Crippen MR) is 336 cm³/mol. The number of nitrogens with zero attached hydrogens (tertiary/aromatic N) is 6. The molecule has 0 aliphatic carbocycles. The van der Waals surface area contributed by atoms with Crippen LogP contribution in [0.15, 0.2) is 137 Å². The van der Waals surface area contributed by atoms with Crippen LogP contribution < -0.4 is 46.6 Å². The molecule has 6 saturated heterocycles. The van der Waals surface area contributed by atoms with Gasteiger partial charge in [0.25, 0.3) is 0 Å². The topological polar surface area (TPSA) is 328 Å². The van der Waals surface area contributed by atoms with Crippen LogP contribution in [-0.2, 0) is 62.2 Å². The first-order chi connectivity index (χ1) is 45.2. The average Bonchev–Trinajstić information content (AvgIpc) is 0.935. The first-order valence-corrected chi connectivity index (χ1v) is 31.1. The fourth-order valence-electron chi connectivity index (χ4n) is 15.8. The molecule has 12 amide bonds. The smallest absolute Gasteiger partial charge is 0.328 e. The van der Waals surface area contributed by atoms with Crippen molar-refractivity contribution < 1.29 is 66.2 Å². The molecule has 9 aliphatic heterocycles. The van der Waals surface area contributed by atoms with Gasteiger partial charge < -0.3 is 37.7 Å². The summed E-state index contributed by atoms with van der Waals surface area (Å²) in [6, 6.07) is 27.0. The van der Waals surface area contributed by atoms with Crippen molar-refractivity contribution >= 4 is 70.6 Å². The van der Waals surface area contributed by atoms with Gasteiger partial charge in [0.2, 0.25) is 41.3 Å². The van der Waals surface area contributed by atoms with Crippen molar-refractivity contribution in [3.05, 3.63) is 145 Å². The minimum Gasteiger partial charge on any atom is -0.472 e. The van der Waals surface area contributed by atoms with Crippen LogP contribution in [0.1, 0.15) is 58.2 Å². The number of rotatable bonds is 4. The van der Waals surface area contributed by atoms with Crippen LogP contribution in [0.4, 0.5) is 31.4 Å². The Morgan fingerprint density at radius 3 is 1.23 bits per heavy atom. The van der Waals surface area contributed by atoms with Crippen LogP contribution in [-0.4, -0.2) is 143 Å². The van der Waals surface area contributed by atoms with E-state index in [1.165, 1.54) is 0 Å². The lowest BCUT2D eigenvalue weighted by Crippen LogP contribution is -2.75. The molecule has 482 valence electrons. The van der Waals surface area contributed by atoms with Crippen molar-refractivity contribution in [1.82, 2.24) is 46.9 Å². The maximum atomic E-state index is 13.3. The maximum Gasteiger partial charge on any atom is 0.328 e. The maximum absolute atomic E-state index is 13.3. The summed E-state index contributed by atoms with van der Waals surface area (Å²) in [6.07, 6.45) is 7.33. The molecule has 9 aliphatic rings. The molecule has 16 rings (SSSR count). The normalized spacial score (nSPS) is 26.6. The van der Waals surface area contributed by atoms with Gasteiger partial charge in [0.1, 0.15) is 0 Å². The van der Waals surface area contributed by atoms with E-state index in [0.717, 1.165) is 61.6 Å². The number of morpholine rings is 3. The summed E-state index contributed by atoms with van der Waals surface area (Å²) in [5, 5.41) is 13.8. The van der Waals surface area contributed by atoms with Gasteiger partial charge in [-0.15, -0.1) is 0 Å². The van der Waals surface area contributed by atoms with Gasteiger partial charge in [0, 0.05) is 71.3 Å². The van der Waals surface area contributed by atoms with Crippen LogP contribution in [0.2, 0.25) is 0 Å². The second-order valence-corrected chi connectivity index (χ2v) is 25.4. The number of furan rings is 1. The Balaban J connectivity index is 0.000000122. The summed E-state index contributed by atoms with van der Waals surface area (Å²) in [5.41, 5.74) is 5.27. The monoisotopic (exact) mass is 1270 g/mol. The van der Waals surface area contributed by atoms with Crippen LogP contribution in [0.3, 0.4) is 0 Å². The quantitative estimate of drug-likeness (QED) is 0.114. The van der Waals surface area contributed by atoms with Gasteiger partial charge >= 0.3 is 18.1 Å². The Bertz CT molecular complexity index is 4210. The number of oxazole rings is 1. The highest BCUT2D eigenvalue weighted by Crippen LogP contribution is 2.51. The van der Waals surface area contributed by atoms with E-state index < -0.39 is 94.0 Å². The van der Waals surface area contributed by atoms with Gasteiger partial charge in [-0.05, 0) is 156 Å². The molecule has 4 aromatic carbocycles. The standard InChI is InChI=1S/C26H24N4O5.C21H21N5O4.C21H21N3O5/c1-14-13-30-19-9-8-17(20-12-27-22(35-20)16-6-4-3-5-7-16)10-18(19)11-26(21(30)15(2)34-14)23(31)28-25(33)29-24(26)32;1-11-10-26-15-5-4-13(17-22-6-3-7-23-17)8-14(15)9-21(16(26)12(2)30-11)18(27)24-20(29)25-19(21)28;1-11-9-24-16-4-3-13(14-5-6-28-10-14)7-15(16)8-21(17(24)12(2)29-11)18(25)22-20(27)23-19(21)26/h3-10,12,14-15,21H,11,13H2,1-2H3,(H2,28,29,31,32,33);3-8,11-12,16H,9-10H2,1-2H3,(H2,24,25,27,28,29);3-7,10-12,17H,8-9H2,1-2H3,(H2,22,23,25,26,27)/t14-,15+,21-;11-,12+,16-;11-,12+,17-/m111/s1. The number of barbiturate groups is 3. The lowest BCUT2D eigenvalue weighted by molar-refractivity contribution is -0.154. The van der Waals surface area contributed by atoms with Gasteiger partial charge in [0.05, 0.1) is 73.5 Å². The SMILES string of the molecule is C[C@@H]1CN2c3ccc(-c4ccoc4)cc3CC3(C(=O)NC(=O)NC3=O)[C@H]2[C@H](C)O1.C[C@@H]1CN2c3ccc(-c4cnc(-c5ccccc5)o4)cc3CC3(C(=O)NC(=O)NC3=O)[C@H]2[C@H](C)O1.C[C@@H]1CN2c3ccc(-c4ncccn4)cc3CC3(C(=O)NC(=O)NC3=O)[C@H]2[C@H](C)O1. The van der Waals surface area contributed by atoms with Crippen LogP contribution >= 0.6 is 0 Å². The van der Waals surface area contributed by atoms with E-state index in [1.54, 1.807) is 37.2 Å². The molecule has 6 fully saturated rings. The molecular formula is C68H66N12O14. The van der Waals surface area contributed by atoms with E-state index in [2.05, 4.69) is 61.6 Å². The van der Waals surface area contributed by atoms with Crippen LogP contribution in [0.5, 0.6) is 0 Å². The largest absolute Gasteiger partial charge is 0.472 e. The molecule has 12 heterocycles. The Kier molecular flexibility index (Phi) is 15.1. The molecule has 26 heteroatoms. The van der Waals surface area contributed by atoms with E-state index in [0.29, 0.717) is 37.1 Å². The average molecular weight is 1280 g/mol. The molecule has 26 nitrogen and oxygen atoms in total. The number of imide groups is 6. The second-order valence-electron chi connectivity index (χ2n) is 25.4. The molecule has 7 aromatic rings. The zero-order valence-electron chi connectivity index (χ0n) is 52.0. The molecule has 0 bridgehead atoms. The number of hydrogen-bond acceptors (Lipinski definition) is 20. The van der Waals surface area contributed by atoms with Crippen molar-refractivity contribution in [2.45, 2.75) is 116 Å². The van der Waals surface area contributed by atoms with Gasteiger partial charge in [-0.25, -0.2) is 29.3 Å². The number of carbonyl (C=O) groups is 9. The van der Waals surface area contributed by atoms with Crippen LogP contribution in [0.25, 0.3) is 45.3 Å². The third-order valence-electron chi connectivity index (χ3n) is 19.4. The van der Waals surface area contributed by atoms with E-state index in [1.807, 2.05) is 133 Å². The fraction of sp³-hybridized carbons (Fsp3) is 0.353. The number of hydrogen-bond donors (Lipinski definition) is 6. The molecule has 0 saturated carbocycles. The first kappa shape index (κ1) is 61.1. The van der Waals surface area contributed by atoms with Crippen molar-refractivity contribution in [1.29, 1.82) is 0 Å². The third-order valence-corrected chi connectivity index (χ3v) is 19.4. The highest BCUT2D eigenvalue weighted by Gasteiger charge is 2.66. The van der Waals surface area contributed by atoms with Gasteiger partial charge in [-0.1, -0.05) is 24.3 Å². The molecule has 6 N–H and O–H groups in total. The zero-order chi connectivity index (χ0) is 65.7. The zero-order valence-corrected chi connectivity index (χ0v) is 52.0. The number of urea groups is 3. The number of fused-ring (bicyclic) bond motifs is 12. The summed E-state index contributed by atoms with van der Waals surface area (Å²) in [4.78, 5) is 134. The predicted octanol–water partition coefficient (Wildman–Crippen LogP) is 5.77. The third kappa shape index (κ3) is 10.0. The molecule has 3 aromatic heterocycles. The summed E-state index contributed by atoms with van der Waals surface area (Å²) in [5.74, 6) is -1.90. The van der Waals surface area contributed by atoms with E-state index in [4.69, 9.17) is 23.0 Å². The van der Waals surface area contributed by atoms with E-state index >= 15 is 0 Å². The van der Waals surface area contributed by atoms with Crippen molar-refractivity contribution in [2.24, 2.45) is 16.2 Å². The molecule has 9 atom stereocenters. The summed E-state index contributed by atoms with van der Waals surface area (Å²) in [7, 11) is 0.